The van der Waals surface area contributed by atoms with Gasteiger partial charge < -0.3 is 43.5 Å². The van der Waals surface area contributed by atoms with Crippen LogP contribution >= 0.6 is 0 Å². The molecule has 2 saturated heterocycles. The number of aliphatic hydroxyl groups is 2. The molecule has 15 heteroatoms. The first kappa shape index (κ1) is 55.8. The number of methoxy groups -OCH3 is 3. The molecule has 0 spiro atoms. The van der Waals surface area contributed by atoms with Gasteiger partial charge in [-0.3, -0.25) is 24.0 Å². The van der Waals surface area contributed by atoms with Crippen LogP contribution in [0.5, 0.6) is 11.5 Å². The molecule has 1 aromatic rings. The molecule has 0 unspecified atom stereocenters. The van der Waals surface area contributed by atoms with E-state index in [1.54, 1.807) is 59.1 Å². The molecule has 2 bridgehead atoms. The minimum atomic E-state index is -2.46. The normalized spacial score (nSPS) is 34.3. The zero-order valence-corrected chi connectivity index (χ0v) is 41.9. The lowest BCUT2D eigenvalue weighted by atomic mass is 9.85. The minimum Gasteiger partial charge on any atom is -0.493 e. The molecule has 15 nitrogen and oxygen atoms in total. The van der Waals surface area contributed by atoms with Crippen molar-refractivity contribution in [2.75, 3.05) is 27.9 Å². The monoisotopic (exact) mass is 950 g/mol. The maximum absolute atomic E-state index is 14.4. The second kappa shape index (κ2) is 25.7. The fourth-order valence-electron chi connectivity index (χ4n) is 9.36. The lowest BCUT2D eigenvalue weighted by Gasteiger charge is -2.42. The maximum Gasteiger partial charge on any atom is 0.329 e. The molecule has 3 aliphatic rings. The number of carbonyl (C=O) groups excluding carboxylic acids is 6. The first-order chi connectivity index (χ1) is 32.1. The van der Waals surface area contributed by atoms with Crippen molar-refractivity contribution in [3.63, 3.8) is 0 Å². The molecule has 1 amide bonds. The summed E-state index contributed by atoms with van der Waals surface area (Å²) in [4.78, 5) is 83.7. The van der Waals surface area contributed by atoms with Crippen molar-refractivity contribution in [3.8, 4) is 11.5 Å². The van der Waals surface area contributed by atoms with Gasteiger partial charge in [-0.2, -0.15) is 0 Å². The number of esters is 2. The quantitative estimate of drug-likeness (QED) is 0.125. The van der Waals surface area contributed by atoms with Crippen LogP contribution in [-0.2, 0) is 54.1 Å². The number of nitrogens with zero attached hydrogens (tertiary/aromatic N) is 1. The number of ether oxygens (including phenoxy) is 6. The number of rotatable bonds is 7. The Kier molecular flexibility index (Phi) is 21.1. The van der Waals surface area contributed by atoms with Crippen molar-refractivity contribution < 1.29 is 67.4 Å². The number of benzene rings is 1. The van der Waals surface area contributed by atoms with Gasteiger partial charge in [0.1, 0.15) is 30.1 Å². The molecule has 2 fully saturated rings. The molecule has 1 aromatic carbocycles. The predicted octanol–water partition coefficient (Wildman–Crippen LogP) is 6.79. The van der Waals surface area contributed by atoms with Gasteiger partial charge in [0.2, 0.25) is 5.79 Å². The summed E-state index contributed by atoms with van der Waals surface area (Å²) in [5, 5.41) is 23.4. The Hall–Kier alpha value is -4.80. The summed E-state index contributed by atoms with van der Waals surface area (Å²) in [6, 6.07) is 3.82. The van der Waals surface area contributed by atoms with Crippen molar-refractivity contribution in [3.05, 3.63) is 71.4 Å². The number of hydrogen-bond acceptors (Lipinski definition) is 14. The van der Waals surface area contributed by atoms with Crippen LogP contribution in [0.2, 0.25) is 0 Å². The van der Waals surface area contributed by atoms with Gasteiger partial charge in [-0.15, -0.1) is 0 Å². The third-order valence-corrected chi connectivity index (χ3v) is 13.6. The number of ketones is 3. The summed E-state index contributed by atoms with van der Waals surface area (Å²) in [6.07, 6.45) is 9.38. The fourth-order valence-corrected chi connectivity index (χ4v) is 9.36. The maximum atomic E-state index is 14.4. The van der Waals surface area contributed by atoms with Gasteiger partial charge in [-0.25, -0.2) is 4.79 Å². The highest BCUT2D eigenvalue weighted by molar-refractivity contribution is 6.39. The first-order valence-corrected chi connectivity index (χ1v) is 24.0. The molecule has 2 N–H and O–H groups in total. The Balaban J connectivity index is 1.74. The van der Waals surface area contributed by atoms with E-state index < -0.39 is 89.6 Å². The van der Waals surface area contributed by atoms with Gasteiger partial charge in [-0.05, 0) is 99.5 Å². The Morgan fingerprint density at radius 3 is 2.29 bits per heavy atom. The summed E-state index contributed by atoms with van der Waals surface area (Å²) in [5.41, 5.74) is 1.94. The number of Topliss-reactive ketones (excluding diaryl/α,β-unsaturated/α-hetero) is 3. The average molecular weight is 950 g/mol. The molecule has 68 heavy (non-hydrogen) atoms. The molecule has 0 radical (unpaired) electrons. The summed E-state index contributed by atoms with van der Waals surface area (Å²) in [5.74, 6) is -8.61. The second-order valence-electron chi connectivity index (χ2n) is 19.1. The number of allylic oxidation sites excluding steroid dienone is 6. The number of fused-ring (bicyclic) bond motifs is 3. The number of cyclic esters (lactones) is 1. The predicted molar refractivity (Wildman–Crippen MR) is 254 cm³/mol. The fraction of sp³-hybridized carbons (Fsp3) is 0.623. The van der Waals surface area contributed by atoms with Gasteiger partial charge in [0, 0.05) is 58.3 Å². The van der Waals surface area contributed by atoms with E-state index in [2.05, 4.69) is 0 Å². The molecular formula is C53H75NO14. The summed E-state index contributed by atoms with van der Waals surface area (Å²) >= 11 is 0. The lowest BCUT2D eigenvalue weighted by molar-refractivity contribution is -0.265. The largest absolute Gasteiger partial charge is 0.493 e. The third-order valence-electron chi connectivity index (χ3n) is 13.6. The van der Waals surface area contributed by atoms with Crippen LogP contribution in [0.15, 0.2) is 65.8 Å². The second-order valence-corrected chi connectivity index (χ2v) is 19.1. The summed E-state index contributed by atoms with van der Waals surface area (Å²) < 4.78 is 34.5. The highest BCUT2D eigenvalue weighted by Gasteiger charge is 2.53. The van der Waals surface area contributed by atoms with Crippen LogP contribution < -0.4 is 9.47 Å². The highest BCUT2D eigenvalue weighted by Crippen LogP contribution is 2.37. The van der Waals surface area contributed by atoms with Crippen LogP contribution in [0.4, 0.5) is 0 Å². The molecule has 3 aliphatic heterocycles. The zero-order chi connectivity index (χ0) is 50.5. The van der Waals surface area contributed by atoms with Gasteiger partial charge in [-0.1, -0.05) is 77.1 Å². The molecule has 376 valence electrons. The van der Waals surface area contributed by atoms with E-state index in [9.17, 15) is 39.0 Å². The third kappa shape index (κ3) is 14.6. The molecule has 0 saturated carbocycles. The van der Waals surface area contributed by atoms with Crippen LogP contribution in [-0.4, -0.2) is 121 Å². The Bertz CT molecular complexity index is 2070. The van der Waals surface area contributed by atoms with Crippen molar-refractivity contribution in [1.82, 2.24) is 4.90 Å². The summed E-state index contributed by atoms with van der Waals surface area (Å²) in [6.45, 7) is 13.8. The van der Waals surface area contributed by atoms with Crippen LogP contribution in [0.1, 0.15) is 112 Å². The molecular weight excluding hydrogens is 875 g/mol. The number of piperidine rings is 1. The number of carbonyl (C=O) groups is 6. The number of hydrogen-bond donors (Lipinski definition) is 2. The minimum absolute atomic E-state index is 0.00174. The van der Waals surface area contributed by atoms with E-state index in [4.69, 9.17) is 28.4 Å². The SMILES string of the molecule is COc1cc(C[C@@H](C)[C@@H]2CC(=O)[C@H](C)/C=C(\C)[C@@H](O)[C@@H](OC)C(=O)[C@H](C)C[C@H](C)/C=C/C=C/C=C(\C)[C@@H](OC)C[C@@H]3CC[C@@H](C)[C@@](O)(O3)C(=O)C(=O)N3CCCC[C@H]3C(=O)O2)ccc1OC(C)=O. The standard InChI is InChI=1S/C53H75NO14/c1-31-17-13-12-14-18-32(2)44(63-9)29-40-22-20-37(7)53(62,68-40)50(59)51(60)54-24-16-15-19-41(54)52(61)67-45(34(4)27-39-21-23-43(66-38(8)55)46(28-39)64-10)30-42(56)33(3)26-36(6)48(58)49(65-11)47(57)35(5)25-31/h12-14,17-18,21,23,26,28,31,33-35,37,40-41,44-45,48-49,58,62H,15-16,19-20,22,24-25,27,29-30H2,1-11H3/b14-12+,17-13+,32-18+,36-26+/t31-,33-,34-,35-,37-,40+,41+,44+,45+,48-,49+,53-/m1/s1. The van der Waals surface area contributed by atoms with Gasteiger partial charge in [0.25, 0.3) is 11.7 Å². The van der Waals surface area contributed by atoms with E-state index in [1.165, 1.54) is 21.1 Å². The molecule has 12 atom stereocenters. The molecule has 4 rings (SSSR count). The van der Waals surface area contributed by atoms with Crippen LogP contribution in [0, 0.1) is 29.6 Å². The Morgan fingerprint density at radius 2 is 1.63 bits per heavy atom. The first-order valence-electron chi connectivity index (χ1n) is 24.0. The van der Waals surface area contributed by atoms with Crippen molar-refractivity contribution in [1.29, 1.82) is 0 Å². The van der Waals surface area contributed by atoms with E-state index in [1.807, 2.05) is 51.2 Å². The molecule has 3 heterocycles. The van der Waals surface area contributed by atoms with E-state index in [0.29, 0.717) is 49.8 Å². The van der Waals surface area contributed by atoms with Gasteiger partial charge in [0.15, 0.2) is 17.3 Å². The van der Waals surface area contributed by atoms with E-state index >= 15 is 0 Å². The smallest absolute Gasteiger partial charge is 0.329 e. The lowest BCUT2D eigenvalue weighted by Crippen LogP contribution is -2.61. The summed E-state index contributed by atoms with van der Waals surface area (Å²) in [7, 11) is 4.36. The average Bonchev–Trinajstić information content (AvgIpc) is 3.30. The van der Waals surface area contributed by atoms with E-state index in [-0.39, 0.29) is 49.0 Å². The topological polar surface area (TPSA) is 202 Å². The van der Waals surface area contributed by atoms with Gasteiger partial charge >= 0.3 is 11.9 Å². The number of aliphatic hydroxyl groups excluding tert-OH is 1. The van der Waals surface area contributed by atoms with Crippen molar-refractivity contribution >= 4 is 35.2 Å². The zero-order valence-electron chi connectivity index (χ0n) is 41.9. The van der Waals surface area contributed by atoms with E-state index in [0.717, 1.165) is 16.0 Å². The Labute approximate surface area is 402 Å². The Morgan fingerprint density at radius 1 is 0.912 bits per heavy atom. The number of amides is 1. The van der Waals surface area contributed by atoms with Crippen molar-refractivity contribution in [2.45, 2.75) is 156 Å². The molecule has 0 aliphatic carbocycles. The van der Waals surface area contributed by atoms with Crippen LogP contribution in [0.25, 0.3) is 0 Å². The molecule has 0 aromatic heterocycles. The van der Waals surface area contributed by atoms with Crippen LogP contribution in [0.3, 0.4) is 0 Å². The van der Waals surface area contributed by atoms with Crippen molar-refractivity contribution in [2.24, 2.45) is 29.6 Å². The van der Waals surface area contributed by atoms with Gasteiger partial charge in [0.05, 0.1) is 19.3 Å². The highest BCUT2D eigenvalue weighted by atomic mass is 16.6.